The number of hydrogen-bond donors (Lipinski definition) is 1. The number of ether oxygens (including phenoxy) is 1. The summed E-state index contributed by atoms with van der Waals surface area (Å²) in [5.74, 6) is -1.79. The zero-order valence-corrected chi connectivity index (χ0v) is 18.3. The summed E-state index contributed by atoms with van der Waals surface area (Å²) in [5, 5.41) is 7.88. The summed E-state index contributed by atoms with van der Waals surface area (Å²) < 4.78 is 28.6. The molecular weight excluding hydrogens is 430 g/mol. The number of carbonyl (C=O) groups is 3. The molecule has 2 atom stereocenters. The first kappa shape index (κ1) is 22.3. The Morgan fingerprint density at radius 1 is 1.30 bits per heavy atom. The average Bonchev–Trinajstić information content (AvgIpc) is 3.08. The number of nitrogens with one attached hydrogen (secondary N) is 1. The lowest BCUT2D eigenvalue weighted by atomic mass is 10.1. The van der Waals surface area contributed by atoms with Crippen LogP contribution in [0.1, 0.15) is 26.2 Å². The van der Waals surface area contributed by atoms with Gasteiger partial charge in [-0.1, -0.05) is 12.1 Å². The fourth-order valence-corrected chi connectivity index (χ4v) is 5.48. The molecule has 0 saturated carbocycles. The summed E-state index contributed by atoms with van der Waals surface area (Å²) in [5.41, 5.74) is 0.621. The molecule has 0 aromatic heterocycles. The Kier molecular flexibility index (Phi) is 6.81. The number of rotatable bonds is 6. The fraction of sp³-hybridized carbons (Fsp3) is 0.474. The highest BCUT2D eigenvalue weighted by atomic mass is 32.2. The summed E-state index contributed by atoms with van der Waals surface area (Å²) in [6.45, 7) is 1.45. The van der Waals surface area contributed by atoms with E-state index in [2.05, 4.69) is 10.4 Å². The SMILES string of the molecule is CSc1ccccc1NC(=O)[C@H](C)OC(=O)C1=NN([C@@H]2CCS(=O)(=O)C2)C(=O)CC1. The maximum absolute atomic E-state index is 12.5. The second kappa shape index (κ2) is 9.17. The molecule has 1 aromatic rings. The Balaban J connectivity index is 1.65. The van der Waals surface area contributed by atoms with Crippen molar-refractivity contribution in [2.45, 2.75) is 43.2 Å². The number of carbonyl (C=O) groups excluding carboxylic acids is 3. The molecule has 9 nitrogen and oxygen atoms in total. The Morgan fingerprint density at radius 3 is 2.70 bits per heavy atom. The summed E-state index contributed by atoms with van der Waals surface area (Å²) in [6, 6.07) is 6.69. The maximum atomic E-state index is 12.5. The first-order valence-electron chi connectivity index (χ1n) is 9.45. The molecule has 0 unspecified atom stereocenters. The van der Waals surface area contributed by atoms with Crippen molar-refractivity contribution in [3.05, 3.63) is 24.3 Å². The summed E-state index contributed by atoms with van der Waals surface area (Å²) >= 11 is 1.48. The third-order valence-corrected chi connectivity index (χ3v) is 7.41. The highest BCUT2D eigenvalue weighted by molar-refractivity contribution is 7.98. The first-order chi connectivity index (χ1) is 14.2. The molecular formula is C19H23N3O6S2. The van der Waals surface area contributed by atoms with Gasteiger partial charge in [-0.3, -0.25) is 9.59 Å². The predicted octanol–water partition coefficient (Wildman–Crippen LogP) is 1.44. The summed E-state index contributed by atoms with van der Waals surface area (Å²) in [6.07, 6.45) is 1.21. The Morgan fingerprint density at radius 2 is 2.03 bits per heavy atom. The van der Waals surface area contributed by atoms with Gasteiger partial charge in [0.2, 0.25) is 5.91 Å². The van der Waals surface area contributed by atoms with Crippen molar-refractivity contribution < 1.29 is 27.5 Å². The zero-order valence-electron chi connectivity index (χ0n) is 16.7. The molecule has 1 fully saturated rings. The van der Waals surface area contributed by atoms with Gasteiger partial charge < -0.3 is 10.1 Å². The number of hydrogen-bond acceptors (Lipinski definition) is 8. The third-order valence-electron chi connectivity index (χ3n) is 4.87. The second-order valence-electron chi connectivity index (χ2n) is 7.08. The van der Waals surface area contributed by atoms with E-state index >= 15 is 0 Å². The predicted molar refractivity (Wildman–Crippen MR) is 113 cm³/mol. The molecule has 0 radical (unpaired) electrons. The number of para-hydroxylation sites is 1. The number of sulfone groups is 1. The number of amides is 2. The molecule has 30 heavy (non-hydrogen) atoms. The van der Waals surface area contributed by atoms with Crippen molar-refractivity contribution in [2.24, 2.45) is 5.10 Å². The van der Waals surface area contributed by atoms with Crippen molar-refractivity contribution >= 4 is 50.8 Å². The fourth-order valence-electron chi connectivity index (χ4n) is 3.24. The molecule has 0 spiro atoms. The van der Waals surface area contributed by atoms with E-state index in [-0.39, 0.29) is 42.4 Å². The minimum Gasteiger partial charge on any atom is -0.448 e. The van der Waals surface area contributed by atoms with Gasteiger partial charge >= 0.3 is 5.97 Å². The minimum absolute atomic E-state index is 0.00284. The van der Waals surface area contributed by atoms with Crippen molar-refractivity contribution in [2.75, 3.05) is 23.1 Å². The third kappa shape index (κ3) is 5.20. The number of esters is 1. The van der Waals surface area contributed by atoms with E-state index in [0.29, 0.717) is 5.69 Å². The van der Waals surface area contributed by atoms with Crippen LogP contribution >= 0.6 is 11.8 Å². The molecule has 1 N–H and O–H groups in total. The molecule has 11 heteroatoms. The van der Waals surface area contributed by atoms with Crippen molar-refractivity contribution in [1.29, 1.82) is 0 Å². The van der Waals surface area contributed by atoms with E-state index in [9.17, 15) is 22.8 Å². The molecule has 162 valence electrons. The Labute approximate surface area is 179 Å². The monoisotopic (exact) mass is 453 g/mol. The van der Waals surface area contributed by atoms with Gasteiger partial charge in [0.05, 0.1) is 23.2 Å². The molecule has 2 heterocycles. The van der Waals surface area contributed by atoms with Crippen LogP contribution in [0.5, 0.6) is 0 Å². The number of thioether (sulfide) groups is 1. The van der Waals surface area contributed by atoms with Crippen LogP contribution < -0.4 is 5.32 Å². The van der Waals surface area contributed by atoms with Gasteiger partial charge in [-0.15, -0.1) is 11.8 Å². The van der Waals surface area contributed by atoms with Gasteiger partial charge in [0.1, 0.15) is 5.71 Å². The molecule has 0 bridgehead atoms. The van der Waals surface area contributed by atoms with E-state index in [1.807, 2.05) is 18.4 Å². The van der Waals surface area contributed by atoms with E-state index in [1.165, 1.54) is 18.7 Å². The lowest BCUT2D eigenvalue weighted by Crippen LogP contribution is -2.42. The smallest absolute Gasteiger partial charge is 0.355 e. The molecule has 1 saturated heterocycles. The molecule has 0 aliphatic carbocycles. The first-order valence-corrected chi connectivity index (χ1v) is 12.5. The Bertz CT molecular complexity index is 992. The second-order valence-corrected chi connectivity index (χ2v) is 10.2. The van der Waals surface area contributed by atoms with Crippen LogP contribution in [0.4, 0.5) is 5.69 Å². The average molecular weight is 454 g/mol. The number of nitrogens with zero attached hydrogens (tertiary/aromatic N) is 2. The van der Waals surface area contributed by atoms with E-state index < -0.39 is 33.9 Å². The molecule has 2 aliphatic rings. The minimum atomic E-state index is -3.21. The van der Waals surface area contributed by atoms with Gasteiger partial charge in [0.15, 0.2) is 15.9 Å². The lowest BCUT2D eigenvalue weighted by Gasteiger charge is -2.27. The van der Waals surface area contributed by atoms with Crippen LogP contribution in [0.2, 0.25) is 0 Å². The maximum Gasteiger partial charge on any atom is 0.355 e. The largest absolute Gasteiger partial charge is 0.448 e. The van der Waals surface area contributed by atoms with Crippen molar-refractivity contribution in [3.8, 4) is 0 Å². The summed E-state index contributed by atoms with van der Waals surface area (Å²) in [4.78, 5) is 38.0. The number of hydrazone groups is 1. The molecule has 3 rings (SSSR count). The van der Waals surface area contributed by atoms with Crippen LogP contribution in [0.15, 0.2) is 34.3 Å². The number of benzene rings is 1. The van der Waals surface area contributed by atoms with Gasteiger partial charge in [-0.05, 0) is 31.7 Å². The highest BCUT2D eigenvalue weighted by Crippen LogP contribution is 2.25. The van der Waals surface area contributed by atoms with E-state index in [0.717, 1.165) is 9.90 Å². The van der Waals surface area contributed by atoms with Gasteiger partial charge in [-0.2, -0.15) is 5.10 Å². The van der Waals surface area contributed by atoms with E-state index in [4.69, 9.17) is 4.74 Å². The summed E-state index contributed by atoms with van der Waals surface area (Å²) in [7, 11) is -3.21. The zero-order chi connectivity index (χ0) is 21.9. The normalized spacial score (nSPS) is 21.7. The van der Waals surface area contributed by atoms with Crippen LogP contribution in [0.3, 0.4) is 0 Å². The highest BCUT2D eigenvalue weighted by Gasteiger charge is 2.37. The molecule has 2 amide bonds. The van der Waals surface area contributed by atoms with Crippen LogP contribution in [0, 0.1) is 0 Å². The number of anilines is 1. The topological polar surface area (TPSA) is 122 Å². The van der Waals surface area contributed by atoms with E-state index in [1.54, 1.807) is 12.1 Å². The lowest BCUT2D eigenvalue weighted by molar-refractivity contribution is -0.147. The van der Waals surface area contributed by atoms with Crippen LogP contribution in [0.25, 0.3) is 0 Å². The van der Waals surface area contributed by atoms with Gasteiger partial charge in [0.25, 0.3) is 5.91 Å². The Hall–Kier alpha value is -2.40. The molecule has 1 aromatic carbocycles. The van der Waals surface area contributed by atoms with Crippen LogP contribution in [-0.2, 0) is 29.0 Å². The van der Waals surface area contributed by atoms with Gasteiger partial charge in [0, 0.05) is 17.7 Å². The van der Waals surface area contributed by atoms with Crippen molar-refractivity contribution in [1.82, 2.24) is 5.01 Å². The van der Waals surface area contributed by atoms with Crippen molar-refractivity contribution in [3.63, 3.8) is 0 Å². The van der Waals surface area contributed by atoms with Crippen LogP contribution in [-0.4, -0.2) is 66.8 Å². The standard InChI is InChI=1S/C19H23N3O6S2/c1-12(18(24)20-14-5-3-4-6-16(14)29-2)28-19(25)15-7-8-17(23)22(21-15)13-9-10-30(26,27)11-13/h3-6,12-13H,7-11H2,1-2H3,(H,20,24)/t12-,13+/m0/s1. The quantitative estimate of drug-likeness (QED) is 0.511. The van der Waals surface area contributed by atoms with Gasteiger partial charge in [-0.25, -0.2) is 18.2 Å². The molecule has 2 aliphatic heterocycles.